The highest BCUT2D eigenvalue weighted by atomic mass is 32.2. The lowest BCUT2D eigenvalue weighted by Crippen LogP contribution is -2.51. The summed E-state index contributed by atoms with van der Waals surface area (Å²) >= 11 is 0. The Morgan fingerprint density at radius 3 is 2.70 bits per heavy atom. The number of piperidine rings is 1. The Balaban J connectivity index is 1.60. The first-order chi connectivity index (χ1) is 14.3. The molecule has 30 heavy (non-hydrogen) atoms. The smallest absolute Gasteiger partial charge is 0.247 e. The van der Waals surface area contributed by atoms with Crippen LogP contribution in [0.5, 0.6) is 0 Å². The summed E-state index contributed by atoms with van der Waals surface area (Å²) in [5.74, 6) is 0.859. The molecule has 1 aromatic heterocycles. The van der Waals surface area contributed by atoms with E-state index in [4.69, 9.17) is 0 Å². The molecule has 3 heterocycles. The third-order valence-corrected chi connectivity index (χ3v) is 8.71. The lowest BCUT2D eigenvalue weighted by Gasteiger charge is -2.38. The van der Waals surface area contributed by atoms with Crippen LogP contribution in [0.25, 0.3) is 0 Å². The first kappa shape index (κ1) is 21.3. The van der Waals surface area contributed by atoms with Crippen molar-refractivity contribution < 1.29 is 13.2 Å². The maximum Gasteiger partial charge on any atom is 0.247 e. The number of aryl methyl sites for hydroxylation is 1. The third kappa shape index (κ3) is 4.39. The van der Waals surface area contributed by atoms with E-state index in [2.05, 4.69) is 22.2 Å². The second-order valence-electron chi connectivity index (χ2n) is 8.96. The second kappa shape index (κ2) is 8.67. The summed E-state index contributed by atoms with van der Waals surface area (Å²) in [5, 5.41) is 6.23. The molecule has 8 heteroatoms. The Morgan fingerprint density at radius 2 is 1.93 bits per heavy atom. The third-order valence-electron chi connectivity index (χ3n) is 6.67. The molecule has 0 radical (unpaired) electrons. The van der Waals surface area contributed by atoms with Crippen molar-refractivity contribution in [2.75, 3.05) is 18.4 Å². The van der Waals surface area contributed by atoms with E-state index in [0.29, 0.717) is 24.8 Å². The van der Waals surface area contributed by atoms with Gasteiger partial charge in [-0.1, -0.05) is 18.6 Å². The molecule has 2 N–H and O–H groups in total. The SMILES string of the molecule is C=C1CCC(CNc2nc(C)ccc2S(=O)(=O)N2C3CCCC2CC(=O)NC3)CC1. The normalized spacial score (nSPS) is 26.2. The van der Waals surface area contributed by atoms with Crippen molar-refractivity contribution in [3.05, 3.63) is 30.0 Å². The molecule has 164 valence electrons. The number of anilines is 1. The monoisotopic (exact) mass is 432 g/mol. The van der Waals surface area contributed by atoms with Crippen molar-refractivity contribution in [3.8, 4) is 0 Å². The average molecular weight is 433 g/mol. The molecule has 7 nitrogen and oxygen atoms in total. The lowest BCUT2D eigenvalue weighted by atomic mass is 9.86. The summed E-state index contributed by atoms with van der Waals surface area (Å²) in [7, 11) is -3.78. The van der Waals surface area contributed by atoms with Crippen LogP contribution >= 0.6 is 0 Å². The van der Waals surface area contributed by atoms with Crippen LogP contribution in [0.15, 0.2) is 29.2 Å². The molecule has 2 aliphatic heterocycles. The Morgan fingerprint density at radius 1 is 1.20 bits per heavy atom. The molecule has 2 atom stereocenters. The average Bonchev–Trinajstić information content (AvgIpc) is 2.81. The molecular formula is C22H32N4O3S. The highest BCUT2D eigenvalue weighted by Gasteiger charge is 2.43. The predicted octanol–water partition coefficient (Wildman–Crippen LogP) is 2.98. The van der Waals surface area contributed by atoms with Gasteiger partial charge in [0.05, 0.1) is 0 Å². The molecule has 2 bridgehead atoms. The van der Waals surface area contributed by atoms with Gasteiger partial charge in [-0.05, 0) is 63.5 Å². The Hall–Kier alpha value is -1.93. The van der Waals surface area contributed by atoms with Crippen LogP contribution in [0.1, 0.15) is 57.1 Å². The fourth-order valence-electron chi connectivity index (χ4n) is 4.96. The number of hydrogen-bond acceptors (Lipinski definition) is 5. The van der Waals surface area contributed by atoms with E-state index in [1.807, 2.05) is 6.92 Å². The second-order valence-corrected chi connectivity index (χ2v) is 10.8. The highest BCUT2D eigenvalue weighted by molar-refractivity contribution is 7.89. The maximum atomic E-state index is 13.8. The van der Waals surface area contributed by atoms with Crippen LogP contribution in [0.2, 0.25) is 0 Å². The number of aromatic nitrogens is 1. The Bertz CT molecular complexity index is 920. The molecular weight excluding hydrogens is 400 g/mol. The Labute approximate surface area is 179 Å². The van der Waals surface area contributed by atoms with Gasteiger partial charge in [0.15, 0.2) is 0 Å². The fraction of sp³-hybridized carbons (Fsp3) is 0.636. The molecule has 2 unspecified atom stereocenters. The minimum absolute atomic E-state index is 0.0659. The summed E-state index contributed by atoms with van der Waals surface area (Å²) < 4.78 is 29.2. The van der Waals surface area contributed by atoms with E-state index in [1.54, 1.807) is 16.4 Å². The van der Waals surface area contributed by atoms with Crippen molar-refractivity contribution in [3.63, 3.8) is 0 Å². The van der Waals surface area contributed by atoms with Gasteiger partial charge in [0.2, 0.25) is 15.9 Å². The number of carbonyl (C=O) groups excluding carboxylic acids is 1. The van der Waals surface area contributed by atoms with E-state index >= 15 is 0 Å². The summed E-state index contributed by atoms with van der Waals surface area (Å²) in [6.07, 6.45) is 6.88. The van der Waals surface area contributed by atoms with Crippen LogP contribution in [0, 0.1) is 12.8 Å². The number of nitrogens with zero attached hydrogens (tertiary/aromatic N) is 2. The van der Waals surface area contributed by atoms with E-state index in [1.165, 1.54) is 5.57 Å². The zero-order chi connectivity index (χ0) is 21.3. The van der Waals surface area contributed by atoms with Gasteiger partial charge in [-0.25, -0.2) is 13.4 Å². The quantitative estimate of drug-likeness (QED) is 0.698. The lowest BCUT2D eigenvalue weighted by molar-refractivity contribution is -0.121. The van der Waals surface area contributed by atoms with Crippen LogP contribution in [-0.2, 0) is 14.8 Å². The van der Waals surface area contributed by atoms with Crippen LogP contribution < -0.4 is 10.6 Å². The van der Waals surface area contributed by atoms with Crippen molar-refractivity contribution in [2.45, 2.75) is 75.3 Å². The van der Waals surface area contributed by atoms with Crippen LogP contribution in [-0.4, -0.2) is 48.8 Å². The number of nitrogens with one attached hydrogen (secondary N) is 2. The first-order valence-electron chi connectivity index (χ1n) is 11.0. The van der Waals surface area contributed by atoms with E-state index in [9.17, 15) is 13.2 Å². The van der Waals surface area contributed by atoms with Crippen LogP contribution in [0.4, 0.5) is 5.82 Å². The van der Waals surface area contributed by atoms with Gasteiger partial charge >= 0.3 is 0 Å². The largest absolute Gasteiger partial charge is 0.369 e. The van der Waals surface area contributed by atoms with Crippen LogP contribution in [0.3, 0.4) is 0 Å². The molecule has 3 aliphatic rings. The van der Waals surface area contributed by atoms with Gasteiger partial charge in [0.1, 0.15) is 10.7 Å². The maximum absolute atomic E-state index is 13.8. The number of carbonyl (C=O) groups is 1. The molecule has 0 aromatic carbocycles. The van der Waals surface area contributed by atoms with E-state index < -0.39 is 10.0 Å². The number of fused-ring (bicyclic) bond motifs is 2. The van der Waals surface area contributed by atoms with E-state index in [0.717, 1.165) is 50.6 Å². The zero-order valence-corrected chi connectivity index (χ0v) is 18.5. The van der Waals surface area contributed by atoms with Gasteiger partial charge in [0.25, 0.3) is 0 Å². The number of rotatable bonds is 5. The number of hydrogen-bond donors (Lipinski definition) is 2. The molecule has 1 saturated carbocycles. The fourth-order valence-corrected chi connectivity index (χ4v) is 6.93. The summed E-state index contributed by atoms with van der Waals surface area (Å²) in [4.78, 5) is 16.9. The Kier molecular flexibility index (Phi) is 6.16. The molecule has 1 aromatic rings. The standard InChI is InChI=1S/C22H32N4O3S/c1-15-6-9-17(10-7-15)13-24-22-20(11-8-16(2)25-22)30(28,29)26-18-4-3-5-19(26)14-23-21(27)12-18/h8,11,17-19H,1,3-7,9-10,12-14H2,2H3,(H,23,27)(H,24,25). The minimum atomic E-state index is -3.78. The minimum Gasteiger partial charge on any atom is -0.369 e. The summed E-state index contributed by atoms with van der Waals surface area (Å²) in [6, 6.07) is 2.94. The molecule has 0 spiro atoms. The van der Waals surface area contributed by atoms with Crippen molar-refractivity contribution in [1.29, 1.82) is 0 Å². The van der Waals surface area contributed by atoms with Crippen molar-refractivity contribution >= 4 is 21.7 Å². The summed E-state index contributed by atoms with van der Waals surface area (Å²) in [6.45, 7) is 7.03. The molecule has 2 saturated heterocycles. The highest BCUT2D eigenvalue weighted by Crippen LogP contribution is 2.35. The molecule has 1 amide bonds. The number of sulfonamides is 1. The van der Waals surface area contributed by atoms with Gasteiger partial charge in [0, 0.05) is 37.3 Å². The number of allylic oxidation sites excluding steroid dienone is 1. The summed E-state index contributed by atoms with van der Waals surface area (Å²) in [5.41, 5.74) is 2.08. The number of amides is 1. The first-order valence-corrected chi connectivity index (χ1v) is 12.5. The van der Waals surface area contributed by atoms with Crippen molar-refractivity contribution in [2.24, 2.45) is 5.92 Å². The molecule has 4 rings (SSSR count). The molecule has 3 fully saturated rings. The molecule has 1 aliphatic carbocycles. The predicted molar refractivity (Wildman–Crippen MR) is 117 cm³/mol. The number of pyridine rings is 1. The zero-order valence-electron chi connectivity index (χ0n) is 17.7. The van der Waals surface area contributed by atoms with Gasteiger partial charge < -0.3 is 10.6 Å². The topological polar surface area (TPSA) is 91.4 Å². The van der Waals surface area contributed by atoms with Gasteiger partial charge in [-0.2, -0.15) is 4.31 Å². The van der Waals surface area contributed by atoms with Crippen molar-refractivity contribution in [1.82, 2.24) is 14.6 Å². The van der Waals surface area contributed by atoms with Gasteiger partial charge in [-0.15, -0.1) is 0 Å². The van der Waals surface area contributed by atoms with Gasteiger partial charge in [-0.3, -0.25) is 4.79 Å². The van der Waals surface area contributed by atoms with E-state index in [-0.39, 0.29) is 29.3 Å².